The Morgan fingerprint density at radius 3 is 2.88 bits per heavy atom. The summed E-state index contributed by atoms with van der Waals surface area (Å²) in [6.07, 6.45) is 0. The Balaban J connectivity index is 2.49. The Labute approximate surface area is 104 Å². The van der Waals surface area contributed by atoms with Gasteiger partial charge in [-0.25, -0.2) is 0 Å². The van der Waals surface area contributed by atoms with Crippen molar-refractivity contribution in [2.24, 2.45) is 5.73 Å². The summed E-state index contributed by atoms with van der Waals surface area (Å²) >= 11 is 0. The van der Waals surface area contributed by atoms with Gasteiger partial charge in [0.15, 0.2) is 0 Å². The molecule has 1 atom stereocenters. The van der Waals surface area contributed by atoms with Crippen LogP contribution in [0.4, 0.5) is 0 Å². The Bertz CT molecular complexity index is 407. The maximum Gasteiger partial charge on any atom is 0.251 e. The summed E-state index contributed by atoms with van der Waals surface area (Å²) in [6, 6.07) is 7.20. The smallest absolute Gasteiger partial charge is 0.251 e. The molecule has 1 amide bonds. The highest BCUT2D eigenvalue weighted by Crippen LogP contribution is 2.04. The molecule has 0 aromatic heterocycles. The summed E-state index contributed by atoms with van der Waals surface area (Å²) < 4.78 is 11.2. The van der Waals surface area contributed by atoms with E-state index in [4.69, 9.17) is 5.73 Å². The first-order valence-corrected chi connectivity index (χ1v) is 7.08. The van der Waals surface area contributed by atoms with Crippen molar-refractivity contribution in [1.82, 2.24) is 5.32 Å². The van der Waals surface area contributed by atoms with Crippen LogP contribution < -0.4 is 11.1 Å². The van der Waals surface area contributed by atoms with Gasteiger partial charge in [-0.05, 0) is 17.7 Å². The van der Waals surface area contributed by atoms with Gasteiger partial charge in [-0.15, -0.1) is 0 Å². The fraction of sp³-hybridized carbons (Fsp3) is 0.417. The van der Waals surface area contributed by atoms with Crippen molar-refractivity contribution in [3.05, 3.63) is 35.4 Å². The van der Waals surface area contributed by atoms with E-state index in [-0.39, 0.29) is 5.91 Å². The summed E-state index contributed by atoms with van der Waals surface area (Å²) in [5.74, 6) is 0.977. The van der Waals surface area contributed by atoms with E-state index >= 15 is 0 Å². The average molecular weight is 254 g/mol. The van der Waals surface area contributed by atoms with E-state index in [1.165, 1.54) is 0 Å². The van der Waals surface area contributed by atoms with Gasteiger partial charge in [0.05, 0.1) is 0 Å². The van der Waals surface area contributed by atoms with E-state index < -0.39 is 10.8 Å². The molecule has 0 heterocycles. The number of hydrogen-bond donors (Lipinski definition) is 2. The molecule has 5 heteroatoms. The maximum atomic E-state index is 11.7. The molecule has 17 heavy (non-hydrogen) atoms. The SMILES string of the molecule is CCS(=O)CCNC(=O)c1cccc(CN)c1. The van der Waals surface area contributed by atoms with Crippen molar-refractivity contribution < 1.29 is 9.00 Å². The molecule has 0 radical (unpaired) electrons. The quantitative estimate of drug-likeness (QED) is 0.782. The third-order valence-corrected chi connectivity index (χ3v) is 3.67. The molecule has 4 nitrogen and oxygen atoms in total. The summed E-state index contributed by atoms with van der Waals surface area (Å²) in [5, 5.41) is 2.74. The number of benzene rings is 1. The predicted molar refractivity (Wildman–Crippen MR) is 70.2 cm³/mol. The van der Waals surface area contributed by atoms with Gasteiger partial charge in [0.25, 0.3) is 5.91 Å². The molecule has 1 unspecified atom stereocenters. The van der Waals surface area contributed by atoms with Gasteiger partial charge < -0.3 is 11.1 Å². The van der Waals surface area contributed by atoms with E-state index in [1.54, 1.807) is 18.2 Å². The highest BCUT2D eigenvalue weighted by Gasteiger charge is 2.05. The van der Waals surface area contributed by atoms with Crippen molar-refractivity contribution in [2.45, 2.75) is 13.5 Å². The lowest BCUT2D eigenvalue weighted by Gasteiger charge is -2.05. The van der Waals surface area contributed by atoms with Crippen molar-refractivity contribution in [2.75, 3.05) is 18.1 Å². The van der Waals surface area contributed by atoms with Gasteiger partial charge in [-0.1, -0.05) is 19.1 Å². The zero-order chi connectivity index (χ0) is 12.7. The van der Waals surface area contributed by atoms with Gasteiger partial charge in [0.1, 0.15) is 0 Å². The molecule has 0 saturated carbocycles. The van der Waals surface area contributed by atoms with Crippen LogP contribution in [0.25, 0.3) is 0 Å². The predicted octanol–water partition coefficient (Wildman–Crippen LogP) is 0.644. The lowest BCUT2D eigenvalue weighted by Crippen LogP contribution is -2.28. The number of carbonyl (C=O) groups excluding carboxylic acids is 1. The zero-order valence-corrected chi connectivity index (χ0v) is 10.8. The Hall–Kier alpha value is -1.20. The molecule has 0 saturated heterocycles. The molecule has 1 rings (SSSR count). The summed E-state index contributed by atoms with van der Waals surface area (Å²) in [7, 11) is -0.841. The molecule has 0 spiro atoms. The van der Waals surface area contributed by atoms with E-state index in [1.807, 2.05) is 13.0 Å². The molecule has 1 aromatic rings. The van der Waals surface area contributed by atoms with Crippen molar-refractivity contribution in [3.63, 3.8) is 0 Å². The van der Waals surface area contributed by atoms with Crippen LogP contribution in [0.1, 0.15) is 22.8 Å². The fourth-order valence-corrected chi connectivity index (χ4v) is 1.98. The minimum absolute atomic E-state index is 0.145. The van der Waals surface area contributed by atoms with Gasteiger partial charge in [-0.2, -0.15) is 0 Å². The first kappa shape index (κ1) is 13.9. The Morgan fingerprint density at radius 1 is 1.47 bits per heavy atom. The second-order valence-corrected chi connectivity index (χ2v) is 5.46. The molecule has 0 aliphatic carbocycles. The van der Waals surface area contributed by atoms with Gasteiger partial charge >= 0.3 is 0 Å². The van der Waals surface area contributed by atoms with Crippen LogP contribution in [0.15, 0.2) is 24.3 Å². The molecular formula is C12H18N2O2S. The number of carbonyl (C=O) groups is 1. The molecule has 3 N–H and O–H groups in total. The number of amides is 1. The second kappa shape index (κ2) is 7.19. The number of hydrogen-bond acceptors (Lipinski definition) is 3. The first-order chi connectivity index (χ1) is 8.17. The van der Waals surface area contributed by atoms with Crippen LogP contribution in [-0.4, -0.2) is 28.2 Å². The topological polar surface area (TPSA) is 72.2 Å². The van der Waals surface area contributed by atoms with Crippen molar-refractivity contribution in [3.8, 4) is 0 Å². The molecule has 0 aliphatic heterocycles. The molecule has 94 valence electrons. The lowest BCUT2D eigenvalue weighted by molar-refractivity contribution is 0.0956. The summed E-state index contributed by atoms with van der Waals surface area (Å²) in [5.41, 5.74) is 7.02. The van der Waals surface area contributed by atoms with Gasteiger partial charge in [0, 0.05) is 41.0 Å². The normalized spacial score (nSPS) is 12.1. The second-order valence-electron chi connectivity index (χ2n) is 3.59. The third-order valence-electron chi connectivity index (χ3n) is 2.36. The lowest BCUT2D eigenvalue weighted by atomic mass is 10.1. The monoisotopic (exact) mass is 254 g/mol. The minimum Gasteiger partial charge on any atom is -0.351 e. The summed E-state index contributed by atoms with van der Waals surface area (Å²) in [6.45, 7) is 2.72. The molecule has 0 aliphatic rings. The van der Waals surface area contributed by atoms with Crippen molar-refractivity contribution in [1.29, 1.82) is 0 Å². The summed E-state index contributed by atoms with van der Waals surface area (Å²) in [4.78, 5) is 11.7. The first-order valence-electron chi connectivity index (χ1n) is 5.59. The van der Waals surface area contributed by atoms with Crippen LogP contribution in [-0.2, 0) is 17.3 Å². The fourth-order valence-electron chi connectivity index (χ4n) is 1.36. The van der Waals surface area contributed by atoms with E-state index in [2.05, 4.69) is 5.32 Å². The third kappa shape index (κ3) is 4.66. The van der Waals surface area contributed by atoms with Crippen LogP contribution in [0.2, 0.25) is 0 Å². The Morgan fingerprint density at radius 2 is 2.24 bits per heavy atom. The highest BCUT2D eigenvalue weighted by molar-refractivity contribution is 7.84. The highest BCUT2D eigenvalue weighted by atomic mass is 32.2. The standard InChI is InChI=1S/C12H18N2O2S/c1-2-17(16)7-6-14-12(15)11-5-3-4-10(8-11)9-13/h3-5,8H,2,6-7,9,13H2,1H3,(H,14,15). The number of nitrogens with one attached hydrogen (secondary N) is 1. The molecule has 0 bridgehead atoms. The largest absolute Gasteiger partial charge is 0.351 e. The van der Waals surface area contributed by atoms with E-state index in [0.29, 0.717) is 30.2 Å². The van der Waals surface area contributed by atoms with Gasteiger partial charge in [-0.3, -0.25) is 9.00 Å². The van der Waals surface area contributed by atoms with Crippen molar-refractivity contribution >= 4 is 16.7 Å². The maximum absolute atomic E-state index is 11.7. The van der Waals surface area contributed by atoms with Crippen LogP contribution >= 0.6 is 0 Å². The number of nitrogens with two attached hydrogens (primary N) is 1. The van der Waals surface area contributed by atoms with Crippen LogP contribution in [0.5, 0.6) is 0 Å². The van der Waals surface area contributed by atoms with E-state index in [9.17, 15) is 9.00 Å². The average Bonchev–Trinajstić information content (AvgIpc) is 2.38. The molecule has 1 aromatic carbocycles. The van der Waals surface area contributed by atoms with E-state index in [0.717, 1.165) is 5.56 Å². The zero-order valence-electron chi connectivity index (χ0n) is 9.94. The number of rotatable bonds is 6. The Kier molecular flexibility index (Phi) is 5.86. The minimum atomic E-state index is -0.841. The molecule has 0 fully saturated rings. The van der Waals surface area contributed by atoms with Gasteiger partial charge in [0.2, 0.25) is 0 Å². The molecular weight excluding hydrogens is 236 g/mol. The van der Waals surface area contributed by atoms with Crippen LogP contribution in [0, 0.1) is 0 Å². The van der Waals surface area contributed by atoms with Crippen LogP contribution in [0.3, 0.4) is 0 Å².